The Bertz CT molecular complexity index is 1550. The van der Waals surface area contributed by atoms with Crippen molar-refractivity contribution in [2.45, 2.75) is 50.9 Å². The number of fused-ring (bicyclic) bond motifs is 2. The smallest absolute Gasteiger partial charge is 0.278 e. The number of anilines is 3. The molecule has 1 aromatic carbocycles. The van der Waals surface area contributed by atoms with Crippen LogP contribution in [0, 0.1) is 12.3 Å². The molecule has 2 atom stereocenters. The molecule has 2 fully saturated rings. The lowest BCUT2D eigenvalue weighted by molar-refractivity contribution is 0.108. The van der Waals surface area contributed by atoms with Gasteiger partial charge in [0.15, 0.2) is 5.65 Å². The maximum absolute atomic E-state index is 13.3. The molecule has 10 heteroatoms. The number of nitrogens with one attached hydrogen (secondary N) is 1. The minimum absolute atomic E-state index is 0.0850. The van der Waals surface area contributed by atoms with Crippen molar-refractivity contribution in [3.63, 3.8) is 0 Å². The van der Waals surface area contributed by atoms with Crippen LogP contribution in [0.1, 0.15) is 38.8 Å². The Balaban J connectivity index is 1.33. The average Bonchev–Trinajstić information content (AvgIpc) is 3.43. The summed E-state index contributed by atoms with van der Waals surface area (Å²) in [5, 5.41) is 14.8. The lowest BCUT2D eigenvalue weighted by atomic mass is 9.95. The number of dihydropyridines is 1. The van der Waals surface area contributed by atoms with Crippen LogP contribution in [0.25, 0.3) is 11.0 Å². The lowest BCUT2D eigenvalue weighted by Gasteiger charge is -2.34. The molecule has 1 saturated heterocycles. The van der Waals surface area contributed by atoms with Gasteiger partial charge in [0, 0.05) is 50.2 Å². The molecule has 2 N–H and O–H groups in total. The van der Waals surface area contributed by atoms with Gasteiger partial charge in [-0.25, -0.2) is 14.3 Å². The van der Waals surface area contributed by atoms with Crippen LogP contribution in [0.2, 0.25) is 0 Å². The van der Waals surface area contributed by atoms with E-state index < -0.39 is 11.8 Å². The number of aliphatic hydroxyl groups is 1. The second kappa shape index (κ2) is 9.98. The van der Waals surface area contributed by atoms with Crippen molar-refractivity contribution in [2.24, 2.45) is 4.99 Å². The first-order valence-corrected chi connectivity index (χ1v) is 13.6. The van der Waals surface area contributed by atoms with E-state index in [0.29, 0.717) is 36.2 Å². The highest BCUT2D eigenvalue weighted by atomic mass is 16.3. The van der Waals surface area contributed by atoms with Gasteiger partial charge in [0.25, 0.3) is 5.56 Å². The SMILES string of the molecule is C#CCn1c(=O)c2cnc(Nc3ccc(N4CCN(C)CC4)cc3)nc2n1C1CC=C2CCC(O)(CC)C2=N1. The molecule has 2 aromatic heterocycles. The number of piperazine rings is 1. The summed E-state index contributed by atoms with van der Waals surface area (Å²) in [6, 6.07) is 8.24. The number of terminal acetylenes is 1. The molecule has 0 bridgehead atoms. The second-order valence-corrected chi connectivity index (χ2v) is 10.6. The van der Waals surface area contributed by atoms with Crippen molar-refractivity contribution < 1.29 is 5.11 Å². The summed E-state index contributed by atoms with van der Waals surface area (Å²) in [6.07, 6.45) is 11.5. The summed E-state index contributed by atoms with van der Waals surface area (Å²) >= 11 is 0. The Kier molecular flexibility index (Phi) is 6.49. The van der Waals surface area contributed by atoms with Crippen LogP contribution >= 0.6 is 0 Å². The van der Waals surface area contributed by atoms with Crippen molar-refractivity contribution in [2.75, 3.05) is 43.4 Å². The largest absolute Gasteiger partial charge is 0.384 e. The van der Waals surface area contributed by atoms with Gasteiger partial charge in [-0.15, -0.1) is 6.42 Å². The molecule has 6 rings (SSSR count). The molecular weight excluding hydrogens is 492 g/mol. The molecule has 202 valence electrons. The van der Waals surface area contributed by atoms with E-state index in [1.165, 1.54) is 10.4 Å². The van der Waals surface area contributed by atoms with Crippen LogP contribution in [0.5, 0.6) is 0 Å². The maximum atomic E-state index is 13.3. The minimum Gasteiger partial charge on any atom is -0.384 e. The van der Waals surface area contributed by atoms with E-state index in [2.05, 4.69) is 51.3 Å². The van der Waals surface area contributed by atoms with Crippen LogP contribution < -0.4 is 15.8 Å². The number of benzene rings is 1. The summed E-state index contributed by atoms with van der Waals surface area (Å²) in [7, 11) is 2.15. The third-order valence-corrected chi connectivity index (χ3v) is 8.22. The predicted molar refractivity (Wildman–Crippen MR) is 154 cm³/mol. The number of aromatic nitrogens is 4. The summed E-state index contributed by atoms with van der Waals surface area (Å²) in [5.74, 6) is 2.97. The zero-order chi connectivity index (χ0) is 27.1. The Labute approximate surface area is 227 Å². The monoisotopic (exact) mass is 526 g/mol. The Morgan fingerprint density at radius 2 is 1.97 bits per heavy atom. The van der Waals surface area contributed by atoms with Crippen LogP contribution in [-0.2, 0) is 6.54 Å². The highest BCUT2D eigenvalue weighted by molar-refractivity contribution is 6.08. The molecule has 4 heterocycles. The third kappa shape index (κ3) is 4.51. The molecule has 2 unspecified atom stereocenters. The fourth-order valence-electron chi connectivity index (χ4n) is 5.82. The number of rotatable bonds is 6. The van der Waals surface area contributed by atoms with Crippen molar-refractivity contribution in [3.8, 4) is 12.3 Å². The maximum Gasteiger partial charge on any atom is 0.278 e. The fourth-order valence-corrected chi connectivity index (χ4v) is 5.82. The van der Waals surface area contributed by atoms with E-state index in [1.807, 2.05) is 19.1 Å². The van der Waals surface area contributed by atoms with Crippen molar-refractivity contribution >= 4 is 34.1 Å². The van der Waals surface area contributed by atoms with E-state index in [0.717, 1.165) is 49.6 Å². The third-order valence-electron chi connectivity index (χ3n) is 8.22. The first-order valence-electron chi connectivity index (χ1n) is 13.6. The van der Waals surface area contributed by atoms with Gasteiger partial charge in [0.2, 0.25) is 5.95 Å². The molecule has 10 nitrogen and oxygen atoms in total. The zero-order valence-electron chi connectivity index (χ0n) is 22.5. The minimum atomic E-state index is -0.942. The van der Waals surface area contributed by atoms with Gasteiger partial charge in [-0.05, 0) is 56.1 Å². The highest BCUT2D eigenvalue weighted by Crippen LogP contribution is 2.39. The van der Waals surface area contributed by atoms with Gasteiger partial charge >= 0.3 is 0 Å². The van der Waals surface area contributed by atoms with Gasteiger partial charge < -0.3 is 20.2 Å². The van der Waals surface area contributed by atoms with Crippen LogP contribution in [-0.4, -0.2) is 73.9 Å². The number of aliphatic imine (C=N–C) groups is 1. The van der Waals surface area contributed by atoms with Gasteiger partial charge in [0.05, 0.1) is 5.71 Å². The molecule has 1 saturated carbocycles. The number of hydrogen-bond acceptors (Lipinski definition) is 8. The topological polar surface area (TPSA) is 104 Å². The van der Waals surface area contributed by atoms with E-state index in [9.17, 15) is 9.90 Å². The Morgan fingerprint density at radius 1 is 1.21 bits per heavy atom. The van der Waals surface area contributed by atoms with Gasteiger partial charge in [-0.3, -0.25) is 9.79 Å². The standard InChI is InChI=1S/C29H34N8O2/c1-4-14-36-27(38)23-19-30-28(31-21-7-9-22(10-8-21)35-17-15-34(3)16-18-35)33-26(23)37(36)24-11-6-20-12-13-29(39,5-2)25(20)32-24/h1,6-10,19,24,39H,5,11-18H2,2-3H3,(H,30,31,33). The Morgan fingerprint density at radius 3 is 2.69 bits per heavy atom. The number of likely N-dealkylation sites (N-methyl/N-ethyl adjacent to an activating group) is 1. The summed E-state index contributed by atoms with van der Waals surface area (Å²) < 4.78 is 3.27. The van der Waals surface area contributed by atoms with E-state index in [4.69, 9.17) is 16.4 Å². The average molecular weight is 527 g/mol. The zero-order valence-corrected chi connectivity index (χ0v) is 22.5. The number of nitrogens with zero attached hydrogens (tertiary/aromatic N) is 7. The van der Waals surface area contributed by atoms with Gasteiger partial charge in [-0.1, -0.05) is 18.9 Å². The van der Waals surface area contributed by atoms with Crippen molar-refractivity contribution in [1.82, 2.24) is 24.2 Å². The first-order chi connectivity index (χ1) is 18.9. The van der Waals surface area contributed by atoms with Gasteiger partial charge in [0.1, 0.15) is 23.7 Å². The van der Waals surface area contributed by atoms with Crippen LogP contribution in [0.15, 0.2) is 51.9 Å². The molecule has 2 aliphatic heterocycles. The van der Waals surface area contributed by atoms with Crippen molar-refractivity contribution in [1.29, 1.82) is 0 Å². The quantitative estimate of drug-likeness (QED) is 0.476. The molecule has 1 aliphatic carbocycles. The summed E-state index contributed by atoms with van der Waals surface area (Å²) in [4.78, 5) is 32.2. The van der Waals surface area contributed by atoms with Gasteiger partial charge in [-0.2, -0.15) is 4.98 Å². The summed E-state index contributed by atoms with van der Waals surface area (Å²) in [5.41, 5.74) is 3.12. The normalized spacial score (nSPS) is 23.3. The molecule has 39 heavy (non-hydrogen) atoms. The van der Waals surface area contributed by atoms with E-state index >= 15 is 0 Å². The fraction of sp³-hybridized carbons (Fsp3) is 0.448. The van der Waals surface area contributed by atoms with E-state index in [1.54, 1.807) is 10.9 Å². The van der Waals surface area contributed by atoms with Crippen molar-refractivity contribution in [3.05, 3.63) is 52.5 Å². The first kappa shape index (κ1) is 25.3. The molecule has 0 amide bonds. The lowest BCUT2D eigenvalue weighted by Crippen LogP contribution is -2.44. The van der Waals surface area contributed by atoms with Crippen LogP contribution in [0.3, 0.4) is 0 Å². The molecule has 3 aliphatic rings. The van der Waals surface area contributed by atoms with Crippen LogP contribution in [0.4, 0.5) is 17.3 Å². The predicted octanol–water partition coefficient (Wildman–Crippen LogP) is 2.93. The molecule has 0 spiro atoms. The molecule has 0 radical (unpaired) electrons. The second-order valence-electron chi connectivity index (χ2n) is 10.6. The Hall–Kier alpha value is -3.94. The molecular formula is C29H34N8O2. The highest BCUT2D eigenvalue weighted by Gasteiger charge is 2.41. The molecule has 3 aromatic rings. The summed E-state index contributed by atoms with van der Waals surface area (Å²) in [6.45, 7) is 6.17. The number of hydrogen-bond donors (Lipinski definition) is 2. The van der Waals surface area contributed by atoms with E-state index in [-0.39, 0.29) is 12.1 Å².